The van der Waals surface area contributed by atoms with E-state index in [4.69, 9.17) is 4.42 Å². The Bertz CT molecular complexity index is 785. The molecule has 0 saturated carbocycles. The van der Waals surface area contributed by atoms with Crippen molar-refractivity contribution in [3.05, 3.63) is 58.6 Å². The fourth-order valence-electron chi connectivity index (χ4n) is 3.47. The minimum absolute atomic E-state index is 0. The molecule has 2 heterocycles. The molecule has 1 N–H and O–H groups in total. The predicted octanol–water partition coefficient (Wildman–Crippen LogP) is 5.17. The average Bonchev–Trinajstić information content (AvgIpc) is 2.97. The third-order valence-corrected chi connectivity index (χ3v) is 4.74. The molecule has 144 valence electrons. The maximum Gasteiger partial charge on any atom is 0.417 e. The van der Waals surface area contributed by atoms with Crippen LogP contribution in [0.1, 0.15) is 47.0 Å². The van der Waals surface area contributed by atoms with Crippen molar-refractivity contribution in [3.63, 3.8) is 0 Å². The lowest BCUT2D eigenvalue weighted by atomic mass is 9.91. The molecule has 0 bridgehead atoms. The first kappa shape index (κ1) is 20.2. The summed E-state index contributed by atoms with van der Waals surface area (Å²) in [5.41, 5.74) is 4.13. The highest BCUT2D eigenvalue weighted by Gasteiger charge is 2.26. The molecule has 0 amide bonds. The van der Waals surface area contributed by atoms with E-state index in [2.05, 4.69) is 35.5 Å². The molecule has 26 heavy (non-hydrogen) atoms. The van der Waals surface area contributed by atoms with Crippen molar-refractivity contribution in [3.8, 4) is 0 Å². The van der Waals surface area contributed by atoms with E-state index in [-0.39, 0.29) is 7.18 Å². The van der Waals surface area contributed by atoms with Gasteiger partial charge in [-0.25, -0.2) is 4.79 Å². The predicted molar refractivity (Wildman–Crippen MR) is 112 cm³/mol. The second-order valence-corrected chi connectivity index (χ2v) is 6.88. The summed E-state index contributed by atoms with van der Waals surface area (Å²) in [6.07, 6.45) is 8.72. The molecule has 1 aliphatic heterocycles. The summed E-state index contributed by atoms with van der Waals surface area (Å²) in [6, 6.07) is 5.99. The van der Waals surface area contributed by atoms with Gasteiger partial charge in [-0.15, -0.1) is 0 Å². The molecule has 3 rings (SSSR count). The molecule has 0 unspecified atom stereocenters. The molecular weight excluding hydrogens is 324 g/mol. The van der Waals surface area contributed by atoms with Gasteiger partial charge >= 0.3 is 5.76 Å². The Labute approximate surface area is 158 Å². The van der Waals surface area contributed by atoms with Crippen LogP contribution in [0, 0.1) is 5.92 Å². The Kier molecular flexibility index (Phi) is 7.92. The van der Waals surface area contributed by atoms with Gasteiger partial charge in [0, 0.05) is 14.5 Å². The normalized spacial score (nSPS) is 15.4. The lowest BCUT2D eigenvalue weighted by Gasteiger charge is -2.39. The number of oxazole rings is 1. The van der Waals surface area contributed by atoms with E-state index in [1.807, 2.05) is 32.1 Å². The van der Waals surface area contributed by atoms with Crippen molar-refractivity contribution in [2.75, 3.05) is 19.6 Å². The molecule has 0 atom stereocenters. The lowest BCUT2D eigenvalue weighted by Crippen LogP contribution is -2.47. The third-order valence-electron chi connectivity index (χ3n) is 4.74. The number of unbranched alkanes of at least 4 members (excludes halogenated alkanes) is 1. The Morgan fingerprint density at radius 3 is 2.88 bits per heavy atom. The monoisotopic (exact) mass is 358 g/mol. The Balaban J connectivity index is 0.00000118. The zero-order valence-corrected chi connectivity index (χ0v) is 16.4. The molecule has 0 aliphatic carbocycles. The van der Waals surface area contributed by atoms with Gasteiger partial charge in [0.1, 0.15) is 0 Å². The second-order valence-electron chi connectivity index (χ2n) is 6.88. The van der Waals surface area contributed by atoms with Crippen LogP contribution in [0.25, 0.3) is 11.1 Å². The first-order chi connectivity index (χ1) is 12.6. The topological polar surface area (TPSA) is 49.2 Å². The number of nitrogens with zero attached hydrogens (tertiary/aromatic N) is 1. The van der Waals surface area contributed by atoms with Crippen molar-refractivity contribution in [2.24, 2.45) is 5.92 Å². The van der Waals surface area contributed by atoms with E-state index in [9.17, 15) is 4.79 Å². The summed E-state index contributed by atoms with van der Waals surface area (Å²) < 4.78 is 5.04. The first-order valence-corrected chi connectivity index (χ1v) is 9.76. The van der Waals surface area contributed by atoms with Gasteiger partial charge in [0.15, 0.2) is 5.58 Å². The van der Waals surface area contributed by atoms with Gasteiger partial charge in [-0.05, 0) is 62.8 Å². The summed E-state index contributed by atoms with van der Waals surface area (Å²) in [6.45, 7) is 13.5. The number of fused-ring (bicyclic) bond motifs is 1. The van der Waals surface area contributed by atoms with Crippen molar-refractivity contribution in [2.45, 2.75) is 46.5 Å². The minimum Gasteiger partial charge on any atom is -0.408 e. The number of rotatable bonds is 8. The van der Waals surface area contributed by atoms with Crippen LogP contribution in [0.2, 0.25) is 0 Å². The molecule has 4 heteroatoms. The highest BCUT2D eigenvalue weighted by atomic mass is 16.4. The van der Waals surface area contributed by atoms with E-state index in [0.717, 1.165) is 17.9 Å². The number of hydrogen-bond acceptors (Lipinski definition) is 3. The molecule has 1 aliphatic rings. The van der Waals surface area contributed by atoms with Gasteiger partial charge in [0.25, 0.3) is 0 Å². The fourth-order valence-corrected chi connectivity index (χ4v) is 3.47. The summed E-state index contributed by atoms with van der Waals surface area (Å²) in [5.74, 6) is 0.346. The second kappa shape index (κ2) is 10.2. The molecule has 1 fully saturated rings. The molecule has 0 radical (unpaired) electrons. The van der Waals surface area contributed by atoms with Gasteiger partial charge in [-0.3, -0.25) is 4.98 Å². The van der Waals surface area contributed by atoms with Crippen LogP contribution >= 0.6 is 0 Å². The van der Waals surface area contributed by atoms with E-state index >= 15 is 0 Å². The Morgan fingerprint density at radius 1 is 1.38 bits per heavy atom. The number of aromatic nitrogens is 1. The van der Waals surface area contributed by atoms with Gasteiger partial charge in [0.2, 0.25) is 0 Å². The zero-order valence-electron chi connectivity index (χ0n) is 16.4. The molecule has 1 saturated heterocycles. The van der Waals surface area contributed by atoms with Crippen molar-refractivity contribution < 1.29 is 5.84 Å². The summed E-state index contributed by atoms with van der Waals surface area (Å²) in [4.78, 5) is 16.5. The van der Waals surface area contributed by atoms with Crippen molar-refractivity contribution in [1.82, 2.24) is 9.88 Å². The van der Waals surface area contributed by atoms with E-state index < -0.39 is 0 Å². The Hall–Kier alpha value is -2.07. The lowest BCUT2D eigenvalue weighted by molar-refractivity contribution is 0.0987. The SMILES string of the molecule is C=C/C=C(\C)CCCCN1CC(Cc2ccc3oc(=O)[nH]c3c2)C1.CC.[HH]. The zero-order chi connectivity index (χ0) is 18.9. The number of hydrogen-bond donors (Lipinski definition) is 1. The van der Waals surface area contributed by atoms with Crippen LogP contribution in [0.5, 0.6) is 0 Å². The Morgan fingerprint density at radius 2 is 2.15 bits per heavy atom. The van der Waals surface area contributed by atoms with Crippen LogP contribution in [0.4, 0.5) is 0 Å². The summed E-state index contributed by atoms with van der Waals surface area (Å²) in [7, 11) is 0. The summed E-state index contributed by atoms with van der Waals surface area (Å²) >= 11 is 0. The standard InChI is InChI=1S/C20H26N2O2.C2H6.H2/c1-3-6-15(2)7-4-5-10-22-13-17(14-22)11-16-8-9-19-18(12-16)21-20(23)24-19;1-2;/h3,6,8-9,12,17H,1,4-5,7,10-11,13-14H2,2H3,(H,21,23);1-2H3;1H/b15-6+;;. The molecule has 4 nitrogen and oxygen atoms in total. The summed E-state index contributed by atoms with van der Waals surface area (Å²) in [5, 5.41) is 0. The van der Waals surface area contributed by atoms with Gasteiger partial charge in [-0.1, -0.05) is 44.2 Å². The number of H-pyrrole nitrogens is 1. The number of benzene rings is 1. The van der Waals surface area contributed by atoms with E-state index in [1.165, 1.54) is 50.0 Å². The maximum absolute atomic E-state index is 11.2. The number of aromatic amines is 1. The number of allylic oxidation sites excluding steroid dienone is 3. The number of likely N-dealkylation sites (tertiary alicyclic amines) is 1. The molecular formula is C22H34N2O2. The van der Waals surface area contributed by atoms with Gasteiger partial charge in [0.05, 0.1) is 5.52 Å². The molecule has 1 aromatic carbocycles. The van der Waals surface area contributed by atoms with E-state index in [0.29, 0.717) is 5.58 Å². The van der Waals surface area contributed by atoms with Crippen LogP contribution in [0.15, 0.2) is 51.7 Å². The fraction of sp³-hybridized carbons (Fsp3) is 0.500. The quantitative estimate of drug-likeness (QED) is 0.523. The third kappa shape index (κ3) is 5.73. The minimum atomic E-state index is -0.379. The largest absolute Gasteiger partial charge is 0.417 e. The van der Waals surface area contributed by atoms with Crippen LogP contribution in [-0.4, -0.2) is 29.5 Å². The van der Waals surface area contributed by atoms with Gasteiger partial charge < -0.3 is 9.32 Å². The van der Waals surface area contributed by atoms with E-state index in [1.54, 1.807) is 0 Å². The molecule has 0 spiro atoms. The van der Waals surface area contributed by atoms with Crippen molar-refractivity contribution >= 4 is 11.1 Å². The van der Waals surface area contributed by atoms with Crippen molar-refractivity contribution in [1.29, 1.82) is 0 Å². The maximum atomic E-state index is 11.2. The average molecular weight is 359 g/mol. The number of nitrogens with one attached hydrogen (secondary N) is 1. The van der Waals surface area contributed by atoms with Crippen LogP contribution < -0.4 is 5.76 Å². The van der Waals surface area contributed by atoms with Gasteiger partial charge in [-0.2, -0.15) is 0 Å². The van der Waals surface area contributed by atoms with Crippen LogP contribution in [-0.2, 0) is 6.42 Å². The first-order valence-electron chi connectivity index (χ1n) is 9.76. The smallest absolute Gasteiger partial charge is 0.408 e. The molecule has 1 aromatic heterocycles. The molecule has 2 aromatic rings. The highest BCUT2D eigenvalue weighted by Crippen LogP contribution is 2.23. The highest BCUT2D eigenvalue weighted by molar-refractivity contribution is 5.72. The van der Waals surface area contributed by atoms with Crippen LogP contribution in [0.3, 0.4) is 0 Å².